The molecule has 1 N–H and O–H groups in total. The van der Waals surface area contributed by atoms with Crippen LogP contribution in [0.25, 0.3) is 0 Å². The predicted molar refractivity (Wildman–Crippen MR) is 93.3 cm³/mol. The number of aromatic nitrogens is 1. The Kier molecular flexibility index (Phi) is 10.1. The van der Waals surface area contributed by atoms with Gasteiger partial charge in [0.05, 0.1) is 27.1 Å². The van der Waals surface area contributed by atoms with Crippen LogP contribution >= 0.6 is 0 Å². The minimum Gasteiger partial charge on any atom is -0.744 e. The number of unbranched alkanes of at least 4 members (excludes halogenated alkanes) is 2. The molecule has 1 aromatic heterocycles. The number of aliphatic carboxylic acids is 2. The topological polar surface area (TPSA) is 139 Å². The van der Waals surface area contributed by atoms with Crippen LogP contribution in [0.1, 0.15) is 31.4 Å². The second-order valence-electron chi connectivity index (χ2n) is 7.18. The van der Waals surface area contributed by atoms with Crippen LogP contribution in [0, 0.1) is 6.92 Å². The quantitative estimate of drug-likeness (QED) is 0.248. The maximum absolute atomic E-state index is 10.9. The van der Waals surface area contributed by atoms with E-state index in [2.05, 4.69) is 0 Å². The standard InChI is InChI=1S/C12H17NO5S.C5H11NO2/c1-10-6-7-11(19(16,17)18)9-13(10)8-4-2-3-5-12(14)15;1-6(2,3)4-5(7)8/h6-7,9H,2-5,8H2,1H3,(H-,14,15,16,17,18);4H2,1-3H3. The molecule has 0 bridgehead atoms. The van der Waals surface area contributed by atoms with Crippen molar-refractivity contribution in [3.63, 3.8) is 0 Å². The second kappa shape index (κ2) is 11.0. The summed E-state index contributed by atoms with van der Waals surface area (Å²) in [6.07, 6.45) is 3.54. The number of carbonyl (C=O) groups excluding carboxylic acids is 1. The summed E-state index contributed by atoms with van der Waals surface area (Å²) in [7, 11) is 0.967. The number of carbonyl (C=O) groups is 2. The summed E-state index contributed by atoms with van der Waals surface area (Å²) >= 11 is 0. The lowest BCUT2D eigenvalue weighted by atomic mass is 10.2. The molecule has 0 fully saturated rings. The number of hydrogen-bond acceptors (Lipinski definition) is 6. The van der Waals surface area contributed by atoms with Crippen molar-refractivity contribution in [2.45, 2.75) is 44.0 Å². The average molecular weight is 404 g/mol. The zero-order valence-electron chi connectivity index (χ0n) is 16.2. The van der Waals surface area contributed by atoms with Crippen molar-refractivity contribution in [2.24, 2.45) is 0 Å². The van der Waals surface area contributed by atoms with Crippen LogP contribution in [0.5, 0.6) is 0 Å². The Balaban J connectivity index is 0.000000713. The van der Waals surface area contributed by atoms with Gasteiger partial charge in [0.25, 0.3) is 0 Å². The van der Waals surface area contributed by atoms with Crippen LogP contribution in [-0.4, -0.2) is 62.2 Å². The van der Waals surface area contributed by atoms with Crippen LogP contribution in [0.2, 0.25) is 0 Å². The fraction of sp³-hybridized carbons (Fsp3) is 0.588. The summed E-state index contributed by atoms with van der Waals surface area (Å²) in [5.74, 6) is -1.82. The van der Waals surface area contributed by atoms with Gasteiger partial charge in [0.15, 0.2) is 11.9 Å². The lowest BCUT2D eigenvalue weighted by Gasteiger charge is -2.23. The molecule has 0 amide bonds. The van der Waals surface area contributed by atoms with Gasteiger partial charge in [-0.25, -0.2) is 13.0 Å². The number of carboxylic acid groups (broad SMARTS) is 2. The van der Waals surface area contributed by atoms with E-state index in [1.165, 1.54) is 12.3 Å². The molecule has 1 rings (SSSR count). The van der Waals surface area contributed by atoms with Gasteiger partial charge in [-0.15, -0.1) is 0 Å². The molecule has 0 spiro atoms. The highest BCUT2D eigenvalue weighted by molar-refractivity contribution is 7.85. The minimum atomic E-state index is -4.44. The van der Waals surface area contributed by atoms with E-state index in [-0.39, 0.29) is 17.9 Å². The fourth-order valence-corrected chi connectivity index (χ4v) is 2.60. The molecule has 0 unspecified atom stereocenters. The minimum absolute atomic E-state index is 0.0694. The first kappa shape index (κ1) is 25.0. The first-order valence-electron chi connectivity index (χ1n) is 8.40. The molecule has 0 aliphatic rings. The number of rotatable bonds is 9. The van der Waals surface area contributed by atoms with E-state index in [1.54, 1.807) is 31.8 Å². The zero-order chi connectivity index (χ0) is 21.3. The van der Waals surface area contributed by atoms with E-state index in [4.69, 9.17) is 5.11 Å². The molecular formula is C17H28N2O7S. The molecular weight excluding hydrogens is 376 g/mol. The zero-order valence-corrected chi connectivity index (χ0v) is 17.0. The van der Waals surface area contributed by atoms with Crippen molar-refractivity contribution in [2.75, 3.05) is 27.7 Å². The Morgan fingerprint density at radius 1 is 1.15 bits per heavy atom. The van der Waals surface area contributed by atoms with Gasteiger partial charge in [-0.2, -0.15) is 0 Å². The number of hydrogen-bond donors (Lipinski definition) is 1. The van der Waals surface area contributed by atoms with Gasteiger partial charge in [-0.05, 0) is 18.9 Å². The third-order valence-corrected chi connectivity index (χ3v) is 4.23. The molecule has 10 heteroatoms. The monoisotopic (exact) mass is 404 g/mol. The van der Waals surface area contributed by atoms with Crippen LogP contribution in [0.3, 0.4) is 0 Å². The summed E-state index contributed by atoms with van der Waals surface area (Å²) in [6.45, 7) is 2.45. The van der Waals surface area contributed by atoms with Crippen LogP contribution in [0.15, 0.2) is 23.2 Å². The first-order chi connectivity index (χ1) is 12.2. The smallest absolute Gasteiger partial charge is 0.303 e. The van der Waals surface area contributed by atoms with E-state index >= 15 is 0 Å². The lowest BCUT2D eigenvalue weighted by Crippen LogP contribution is -2.45. The molecule has 0 aliphatic heterocycles. The highest BCUT2D eigenvalue weighted by atomic mass is 32.2. The summed E-state index contributed by atoms with van der Waals surface area (Å²) in [5, 5.41) is 18.4. The summed E-state index contributed by atoms with van der Waals surface area (Å²) in [6, 6.07) is 2.88. The van der Waals surface area contributed by atoms with E-state index in [0.717, 1.165) is 18.5 Å². The van der Waals surface area contributed by atoms with Crippen molar-refractivity contribution in [1.82, 2.24) is 0 Å². The second-order valence-corrected chi connectivity index (χ2v) is 8.56. The molecule has 154 valence electrons. The fourth-order valence-electron chi connectivity index (χ4n) is 2.11. The normalized spacial score (nSPS) is 11.4. The van der Waals surface area contributed by atoms with Crippen LogP contribution < -0.4 is 9.67 Å². The van der Waals surface area contributed by atoms with Crippen molar-refractivity contribution in [3.05, 3.63) is 24.0 Å². The molecule has 0 saturated heterocycles. The predicted octanol–water partition coefficient (Wildman–Crippen LogP) is -0.726. The third kappa shape index (κ3) is 12.9. The Morgan fingerprint density at radius 3 is 2.15 bits per heavy atom. The molecule has 0 atom stereocenters. The molecule has 1 aromatic rings. The maximum atomic E-state index is 10.9. The molecule has 0 saturated carbocycles. The van der Waals surface area contributed by atoms with E-state index in [0.29, 0.717) is 17.4 Å². The van der Waals surface area contributed by atoms with Gasteiger partial charge in [-0.1, -0.05) is 0 Å². The van der Waals surface area contributed by atoms with Crippen molar-refractivity contribution < 1.29 is 41.8 Å². The Labute approximate surface area is 160 Å². The summed E-state index contributed by atoms with van der Waals surface area (Å²) in [4.78, 5) is 20.0. The van der Waals surface area contributed by atoms with E-state index in [1.807, 2.05) is 6.92 Å². The van der Waals surface area contributed by atoms with E-state index < -0.39 is 22.1 Å². The number of aryl methyl sites for hydroxylation is 2. The summed E-state index contributed by atoms with van der Waals surface area (Å²) in [5.41, 5.74) is 0.852. The van der Waals surface area contributed by atoms with Gasteiger partial charge in [0.1, 0.15) is 28.1 Å². The molecule has 27 heavy (non-hydrogen) atoms. The van der Waals surface area contributed by atoms with Crippen molar-refractivity contribution in [1.29, 1.82) is 0 Å². The van der Waals surface area contributed by atoms with Crippen molar-refractivity contribution >= 4 is 22.1 Å². The molecule has 1 heterocycles. The molecule has 9 nitrogen and oxygen atoms in total. The highest BCUT2D eigenvalue weighted by Crippen LogP contribution is 2.06. The Bertz CT molecular complexity index is 740. The number of nitrogens with zero attached hydrogens (tertiary/aromatic N) is 2. The van der Waals surface area contributed by atoms with Crippen molar-refractivity contribution in [3.8, 4) is 0 Å². The lowest BCUT2D eigenvalue weighted by molar-refractivity contribution is -0.864. The van der Waals surface area contributed by atoms with Crippen LogP contribution in [0.4, 0.5) is 0 Å². The largest absolute Gasteiger partial charge is 0.744 e. The van der Waals surface area contributed by atoms with Gasteiger partial charge >= 0.3 is 5.97 Å². The highest BCUT2D eigenvalue weighted by Gasteiger charge is 2.11. The average Bonchev–Trinajstić information content (AvgIpc) is 2.45. The molecule has 0 aliphatic carbocycles. The van der Waals surface area contributed by atoms with Gasteiger partial charge < -0.3 is 24.0 Å². The number of likely N-dealkylation sites (N-methyl/N-ethyl adjacent to an activating group) is 1. The number of quaternary nitrogens is 1. The number of pyridine rings is 1. The Morgan fingerprint density at radius 2 is 1.74 bits per heavy atom. The molecule has 0 aromatic carbocycles. The third-order valence-electron chi connectivity index (χ3n) is 3.41. The maximum Gasteiger partial charge on any atom is 0.303 e. The molecule has 0 radical (unpaired) electrons. The Hall–Kier alpha value is -2.04. The van der Waals surface area contributed by atoms with Gasteiger partial charge in [-0.3, -0.25) is 4.79 Å². The first-order valence-corrected chi connectivity index (χ1v) is 9.81. The summed E-state index contributed by atoms with van der Waals surface area (Å²) < 4.78 is 34.9. The number of carboxylic acids is 2. The van der Waals surface area contributed by atoms with E-state index in [9.17, 15) is 27.7 Å². The van der Waals surface area contributed by atoms with Crippen LogP contribution in [-0.2, 0) is 26.3 Å². The SMILES string of the molecule is C[N+](C)(C)CC(=O)[O-].Cc1ccc(S(=O)(=O)[O-])c[n+]1CCCCCC(=O)O. The van der Waals surface area contributed by atoms with Gasteiger partial charge in [0.2, 0.25) is 0 Å². The van der Waals surface area contributed by atoms with Gasteiger partial charge in [0, 0.05) is 25.8 Å².